The van der Waals surface area contributed by atoms with Gasteiger partial charge in [0.1, 0.15) is 0 Å². The van der Waals surface area contributed by atoms with E-state index in [-0.39, 0.29) is 5.91 Å². The maximum absolute atomic E-state index is 11.9. The molecule has 0 aliphatic carbocycles. The zero-order valence-corrected chi connectivity index (χ0v) is 10.4. The Kier molecular flexibility index (Phi) is 4.25. The summed E-state index contributed by atoms with van der Waals surface area (Å²) < 4.78 is 0. The summed E-state index contributed by atoms with van der Waals surface area (Å²) in [6.45, 7) is 1.59. The Morgan fingerprint density at radius 1 is 1.28 bits per heavy atom. The summed E-state index contributed by atoms with van der Waals surface area (Å²) in [4.78, 5) is 16.1. The third-order valence-corrected chi connectivity index (χ3v) is 2.75. The highest BCUT2D eigenvalue weighted by Crippen LogP contribution is 2.13. The molecule has 1 amide bonds. The minimum atomic E-state index is -0.0307. The van der Waals surface area contributed by atoms with Crippen LogP contribution in [0.1, 0.15) is 16.8 Å². The zero-order chi connectivity index (χ0) is 12.8. The molecule has 2 N–H and O–H groups in total. The van der Waals surface area contributed by atoms with Crippen molar-refractivity contribution in [2.75, 3.05) is 20.1 Å². The maximum atomic E-state index is 11.9. The van der Waals surface area contributed by atoms with E-state index in [0.717, 1.165) is 23.9 Å². The largest absolute Gasteiger partial charge is 0.352 e. The van der Waals surface area contributed by atoms with Crippen molar-refractivity contribution in [2.24, 2.45) is 0 Å². The Bertz CT molecular complexity index is 539. The van der Waals surface area contributed by atoms with E-state index in [0.29, 0.717) is 12.1 Å². The molecule has 1 heterocycles. The van der Waals surface area contributed by atoms with Crippen molar-refractivity contribution in [1.29, 1.82) is 0 Å². The molecule has 0 atom stereocenters. The molecule has 0 saturated carbocycles. The van der Waals surface area contributed by atoms with Crippen molar-refractivity contribution in [1.82, 2.24) is 15.6 Å². The van der Waals surface area contributed by atoms with E-state index in [1.54, 1.807) is 6.20 Å². The van der Waals surface area contributed by atoms with Crippen molar-refractivity contribution >= 4 is 16.8 Å². The van der Waals surface area contributed by atoms with Crippen molar-refractivity contribution in [2.45, 2.75) is 6.42 Å². The molecule has 2 rings (SSSR count). The number of nitrogens with one attached hydrogen (secondary N) is 2. The number of rotatable bonds is 5. The molecule has 2 aromatic rings. The maximum Gasteiger partial charge on any atom is 0.251 e. The number of benzene rings is 1. The van der Waals surface area contributed by atoms with E-state index in [1.165, 1.54) is 0 Å². The lowest BCUT2D eigenvalue weighted by molar-refractivity contribution is 0.0953. The van der Waals surface area contributed by atoms with Crippen LogP contribution in [0.5, 0.6) is 0 Å². The zero-order valence-electron chi connectivity index (χ0n) is 10.4. The van der Waals surface area contributed by atoms with Crippen LogP contribution in [0.2, 0.25) is 0 Å². The first kappa shape index (κ1) is 12.5. The Labute approximate surface area is 106 Å². The number of hydrogen-bond acceptors (Lipinski definition) is 3. The number of carbonyl (C=O) groups excluding carboxylic acids is 1. The lowest BCUT2D eigenvalue weighted by Crippen LogP contribution is -2.26. The molecule has 4 nitrogen and oxygen atoms in total. The van der Waals surface area contributed by atoms with Crippen LogP contribution in [0.25, 0.3) is 10.9 Å². The highest BCUT2D eigenvalue weighted by molar-refractivity contribution is 5.97. The number of nitrogens with zero attached hydrogens (tertiary/aromatic N) is 1. The minimum Gasteiger partial charge on any atom is -0.352 e. The van der Waals surface area contributed by atoms with Gasteiger partial charge in [0.15, 0.2) is 0 Å². The minimum absolute atomic E-state index is 0.0307. The van der Waals surface area contributed by atoms with E-state index in [2.05, 4.69) is 15.6 Å². The molecule has 0 fully saturated rings. The van der Waals surface area contributed by atoms with E-state index >= 15 is 0 Å². The second-order valence-corrected chi connectivity index (χ2v) is 4.12. The number of pyridine rings is 1. The van der Waals surface area contributed by atoms with Gasteiger partial charge >= 0.3 is 0 Å². The third-order valence-electron chi connectivity index (χ3n) is 2.75. The van der Waals surface area contributed by atoms with Gasteiger partial charge in [-0.2, -0.15) is 0 Å². The highest BCUT2D eigenvalue weighted by Gasteiger charge is 2.05. The van der Waals surface area contributed by atoms with Crippen LogP contribution in [0.15, 0.2) is 36.5 Å². The summed E-state index contributed by atoms with van der Waals surface area (Å²) in [7, 11) is 1.90. The predicted molar refractivity (Wildman–Crippen MR) is 72.6 cm³/mol. The third kappa shape index (κ3) is 3.05. The molecule has 0 bridgehead atoms. The molecular formula is C14H17N3O. The molecule has 4 heteroatoms. The van der Waals surface area contributed by atoms with E-state index in [1.807, 2.05) is 37.4 Å². The Balaban J connectivity index is 2.04. The number of fused-ring (bicyclic) bond motifs is 1. The van der Waals surface area contributed by atoms with Crippen LogP contribution in [-0.2, 0) is 0 Å². The molecule has 0 saturated heterocycles. The fourth-order valence-electron chi connectivity index (χ4n) is 1.79. The summed E-state index contributed by atoms with van der Waals surface area (Å²) in [5.74, 6) is -0.0307. The molecule has 0 spiro atoms. The van der Waals surface area contributed by atoms with Gasteiger partial charge in [-0.25, -0.2) is 0 Å². The van der Waals surface area contributed by atoms with Gasteiger partial charge in [-0.1, -0.05) is 6.07 Å². The van der Waals surface area contributed by atoms with E-state index in [9.17, 15) is 4.79 Å². The summed E-state index contributed by atoms with van der Waals surface area (Å²) in [6, 6.07) is 9.38. The number of carbonyl (C=O) groups is 1. The molecule has 0 radical (unpaired) electrons. The monoisotopic (exact) mass is 243 g/mol. The van der Waals surface area contributed by atoms with Gasteiger partial charge in [-0.05, 0) is 44.3 Å². The van der Waals surface area contributed by atoms with Crippen molar-refractivity contribution in [3.05, 3.63) is 42.1 Å². The highest BCUT2D eigenvalue weighted by atomic mass is 16.1. The van der Waals surface area contributed by atoms with Gasteiger partial charge in [0.25, 0.3) is 5.91 Å². The second-order valence-electron chi connectivity index (χ2n) is 4.12. The van der Waals surface area contributed by atoms with Gasteiger partial charge in [-0.15, -0.1) is 0 Å². The quantitative estimate of drug-likeness (QED) is 0.784. The second kappa shape index (κ2) is 6.12. The number of aromatic nitrogens is 1. The summed E-state index contributed by atoms with van der Waals surface area (Å²) >= 11 is 0. The predicted octanol–water partition coefficient (Wildman–Crippen LogP) is 1.57. The Morgan fingerprint density at radius 2 is 2.17 bits per heavy atom. The van der Waals surface area contributed by atoms with Crippen LogP contribution >= 0.6 is 0 Å². The average Bonchev–Trinajstić information content (AvgIpc) is 2.43. The number of amides is 1. The van der Waals surface area contributed by atoms with E-state index in [4.69, 9.17) is 0 Å². The molecular weight excluding hydrogens is 226 g/mol. The Hall–Kier alpha value is -1.94. The fraction of sp³-hybridized carbons (Fsp3) is 0.286. The smallest absolute Gasteiger partial charge is 0.251 e. The van der Waals surface area contributed by atoms with Crippen LogP contribution in [0.4, 0.5) is 0 Å². The fourth-order valence-corrected chi connectivity index (χ4v) is 1.79. The lowest BCUT2D eigenvalue weighted by atomic mass is 10.1. The standard InChI is InChI=1S/C14H17N3O/c1-15-7-3-9-17-14(18)12-5-6-13-11(10-12)4-2-8-16-13/h2,4-6,8,10,15H,3,7,9H2,1H3,(H,17,18). The molecule has 0 unspecified atom stereocenters. The van der Waals surface area contributed by atoms with Crippen LogP contribution in [0.3, 0.4) is 0 Å². The Morgan fingerprint density at radius 3 is 3.00 bits per heavy atom. The first-order chi connectivity index (χ1) is 8.81. The summed E-state index contributed by atoms with van der Waals surface area (Å²) in [5.41, 5.74) is 1.59. The van der Waals surface area contributed by atoms with Crippen molar-refractivity contribution in [3.8, 4) is 0 Å². The van der Waals surface area contributed by atoms with Gasteiger partial charge in [0, 0.05) is 23.7 Å². The first-order valence-corrected chi connectivity index (χ1v) is 6.09. The van der Waals surface area contributed by atoms with Crippen molar-refractivity contribution < 1.29 is 4.79 Å². The SMILES string of the molecule is CNCCCNC(=O)c1ccc2ncccc2c1. The lowest BCUT2D eigenvalue weighted by Gasteiger charge is -2.05. The van der Waals surface area contributed by atoms with Crippen LogP contribution in [-0.4, -0.2) is 31.0 Å². The molecule has 94 valence electrons. The van der Waals surface area contributed by atoms with Gasteiger partial charge in [-0.3, -0.25) is 9.78 Å². The molecule has 0 aliphatic rings. The normalized spacial score (nSPS) is 10.5. The average molecular weight is 243 g/mol. The van der Waals surface area contributed by atoms with E-state index < -0.39 is 0 Å². The van der Waals surface area contributed by atoms with Crippen LogP contribution in [0, 0.1) is 0 Å². The van der Waals surface area contributed by atoms with Gasteiger partial charge < -0.3 is 10.6 Å². The van der Waals surface area contributed by atoms with Crippen LogP contribution < -0.4 is 10.6 Å². The summed E-state index contributed by atoms with van der Waals surface area (Å²) in [5, 5.41) is 6.93. The van der Waals surface area contributed by atoms with Gasteiger partial charge in [0.05, 0.1) is 5.52 Å². The van der Waals surface area contributed by atoms with Gasteiger partial charge in [0.2, 0.25) is 0 Å². The molecule has 18 heavy (non-hydrogen) atoms. The summed E-state index contributed by atoms with van der Waals surface area (Å²) in [6.07, 6.45) is 2.68. The van der Waals surface area contributed by atoms with Crippen molar-refractivity contribution in [3.63, 3.8) is 0 Å². The number of hydrogen-bond donors (Lipinski definition) is 2. The topological polar surface area (TPSA) is 54.0 Å². The first-order valence-electron chi connectivity index (χ1n) is 6.09. The molecule has 0 aliphatic heterocycles. The molecule has 1 aromatic heterocycles. The molecule has 1 aromatic carbocycles.